The van der Waals surface area contributed by atoms with Crippen molar-refractivity contribution >= 4 is 39.9 Å². The van der Waals surface area contributed by atoms with Crippen molar-refractivity contribution in [1.82, 2.24) is 24.6 Å². The molecule has 11 heteroatoms. The van der Waals surface area contributed by atoms with Crippen LogP contribution in [0.15, 0.2) is 60.9 Å². The number of nitriles is 1. The van der Waals surface area contributed by atoms with Crippen molar-refractivity contribution in [3.63, 3.8) is 0 Å². The first kappa shape index (κ1) is 28.7. The summed E-state index contributed by atoms with van der Waals surface area (Å²) in [6.45, 7) is 6.42. The van der Waals surface area contributed by atoms with E-state index in [4.69, 9.17) is 20.7 Å². The lowest BCUT2D eigenvalue weighted by Crippen LogP contribution is -2.40. The molecule has 0 bridgehead atoms. The van der Waals surface area contributed by atoms with Crippen molar-refractivity contribution in [3.8, 4) is 17.3 Å². The molecule has 7 rings (SSSR count). The maximum Gasteiger partial charge on any atom is 0.244 e. The molecule has 1 aliphatic carbocycles. The Hall–Kier alpha value is -5.08. The molecule has 3 aromatic heterocycles. The van der Waals surface area contributed by atoms with Gasteiger partial charge in [0.25, 0.3) is 0 Å². The summed E-state index contributed by atoms with van der Waals surface area (Å²) in [6.07, 6.45) is 6.70. The maximum absolute atomic E-state index is 12.7. The predicted octanol–water partition coefficient (Wildman–Crippen LogP) is 5.24. The number of rotatable bonds is 8. The number of benzene rings is 2. The first-order chi connectivity index (χ1) is 21.8. The number of hydrogen-bond acceptors (Lipinski definition) is 9. The number of piperidine rings is 1. The molecule has 2 fully saturated rings. The van der Waals surface area contributed by atoms with Crippen LogP contribution in [0.1, 0.15) is 56.6 Å². The van der Waals surface area contributed by atoms with E-state index in [2.05, 4.69) is 52.7 Å². The van der Waals surface area contributed by atoms with Crippen molar-refractivity contribution < 1.29 is 4.79 Å². The highest BCUT2D eigenvalue weighted by atomic mass is 16.2. The SMILES string of the molecule is CC(C)c1cnn2c(NCc3ccccc3-c3nccc4cc(NC(=O)C5(C#N)CC5)ccc34)nc(N3CCC(N)CC3)nc12. The van der Waals surface area contributed by atoms with Gasteiger partial charge in [0.05, 0.1) is 18.0 Å². The molecule has 1 amide bonds. The fraction of sp³-hybridized carbons (Fsp3) is 0.353. The molecule has 4 heterocycles. The number of carbonyl (C=O) groups is 1. The van der Waals surface area contributed by atoms with Crippen LogP contribution in [0.4, 0.5) is 17.6 Å². The van der Waals surface area contributed by atoms with E-state index in [1.54, 1.807) is 10.7 Å². The second kappa shape index (κ2) is 11.4. The van der Waals surface area contributed by atoms with Crippen LogP contribution in [0.25, 0.3) is 27.7 Å². The first-order valence-corrected chi connectivity index (χ1v) is 15.5. The van der Waals surface area contributed by atoms with Crippen molar-refractivity contribution in [1.29, 1.82) is 5.26 Å². The standard InChI is InChI=1S/C34H36N10O/c1-21(2)28-19-39-44-30(28)41-33(43-15-10-24(36)11-16-43)42-32(44)38-18-23-5-3-4-6-26(23)29-27-8-7-25(17-22(27)9-14-37-29)40-31(45)34(20-35)12-13-34/h3-9,14,17,19,21,24H,10-13,15-16,18,36H2,1-2H3,(H,40,45)(H,38,41,42). The van der Waals surface area contributed by atoms with E-state index in [0.29, 0.717) is 37.0 Å². The molecule has 0 unspecified atom stereocenters. The minimum absolute atomic E-state index is 0.215. The van der Waals surface area contributed by atoms with Crippen molar-refractivity contribution in [2.24, 2.45) is 11.1 Å². The van der Waals surface area contributed by atoms with Crippen LogP contribution in [0.2, 0.25) is 0 Å². The minimum Gasteiger partial charge on any atom is -0.350 e. The van der Waals surface area contributed by atoms with Gasteiger partial charge in [-0.1, -0.05) is 44.2 Å². The normalized spacial score (nSPS) is 16.2. The van der Waals surface area contributed by atoms with Gasteiger partial charge in [0, 0.05) is 54.1 Å². The van der Waals surface area contributed by atoms with Crippen molar-refractivity contribution in [2.75, 3.05) is 28.6 Å². The van der Waals surface area contributed by atoms with Crippen LogP contribution in [-0.2, 0) is 11.3 Å². The highest BCUT2D eigenvalue weighted by molar-refractivity contribution is 6.02. The Bertz CT molecular complexity index is 1950. The largest absolute Gasteiger partial charge is 0.350 e. The highest BCUT2D eigenvalue weighted by Crippen LogP contribution is 2.46. The Balaban J connectivity index is 1.19. The molecule has 5 aromatic rings. The summed E-state index contributed by atoms with van der Waals surface area (Å²) in [4.78, 5) is 29.5. The van der Waals surface area contributed by atoms with E-state index in [1.165, 1.54) is 0 Å². The summed E-state index contributed by atoms with van der Waals surface area (Å²) in [5, 5.41) is 22.4. The third kappa shape index (κ3) is 5.42. The Kier molecular flexibility index (Phi) is 7.30. The van der Waals surface area contributed by atoms with E-state index in [0.717, 1.165) is 64.7 Å². The number of nitrogens with two attached hydrogens (primary N) is 1. The van der Waals surface area contributed by atoms with E-state index in [-0.39, 0.29) is 17.9 Å². The van der Waals surface area contributed by atoms with Crippen LogP contribution in [-0.4, -0.2) is 49.6 Å². The third-order valence-corrected chi connectivity index (χ3v) is 8.96. The fourth-order valence-electron chi connectivity index (χ4n) is 5.96. The zero-order valence-electron chi connectivity index (χ0n) is 25.5. The van der Waals surface area contributed by atoms with Gasteiger partial charge in [0.1, 0.15) is 5.41 Å². The second-order valence-corrected chi connectivity index (χ2v) is 12.4. The molecule has 0 atom stereocenters. The summed E-state index contributed by atoms with van der Waals surface area (Å²) >= 11 is 0. The number of nitrogens with zero attached hydrogens (tertiary/aromatic N) is 7. The Morgan fingerprint density at radius 3 is 2.69 bits per heavy atom. The maximum atomic E-state index is 12.7. The van der Waals surface area contributed by atoms with Crippen LogP contribution in [0.3, 0.4) is 0 Å². The summed E-state index contributed by atoms with van der Waals surface area (Å²) in [5.41, 5.74) is 10.7. The van der Waals surface area contributed by atoms with Crippen molar-refractivity contribution in [3.05, 3.63) is 72.1 Å². The average molecular weight is 601 g/mol. The summed E-state index contributed by atoms with van der Waals surface area (Å²) in [7, 11) is 0. The zero-order chi connectivity index (χ0) is 31.1. The lowest BCUT2D eigenvalue weighted by Gasteiger charge is -2.30. The molecular formula is C34H36N10O. The third-order valence-electron chi connectivity index (χ3n) is 8.96. The molecular weight excluding hydrogens is 564 g/mol. The lowest BCUT2D eigenvalue weighted by molar-refractivity contribution is -0.119. The molecule has 45 heavy (non-hydrogen) atoms. The summed E-state index contributed by atoms with van der Waals surface area (Å²) in [5.74, 6) is 1.34. The van der Waals surface area contributed by atoms with Crippen LogP contribution in [0, 0.1) is 16.7 Å². The number of nitrogens with one attached hydrogen (secondary N) is 2. The number of amides is 1. The number of hydrogen-bond donors (Lipinski definition) is 3. The van der Waals surface area contributed by atoms with Gasteiger partial charge < -0.3 is 21.3 Å². The Morgan fingerprint density at radius 1 is 1.13 bits per heavy atom. The van der Waals surface area contributed by atoms with Gasteiger partial charge >= 0.3 is 0 Å². The zero-order valence-corrected chi connectivity index (χ0v) is 25.5. The topological polar surface area (TPSA) is 150 Å². The van der Waals surface area contributed by atoms with Gasteiger partial charge in [0.15, 0.2) is 5.65 Å². The fourth-order valence-corrected chi connectivity index (χ4v) is 5.96. The van der Waals surface area contributed by atoms with Crippen LogP contribution >= 0.6 is 0 Å². The highest BCUT2D eigenvalue weighted by Gasteiger charge is 2.50. The van der Waals surface area contributed by atoms with Gasteiger partial charge in [-0.05, 0) is 60.7 Å². The minimum atomic E-state index is -0.881. The monoisotopic (exact) mass is 600 g/mol. The smallest absolute Gasteiger partial charge is 0.244 e. The Morgan fingerprint density at radius 2 is 1.93 bits per heavy atom. The number of pyridine rings is 1. The first-order valence-electron chi connectivity index (χ1n) is 15.5. The molecule has 2 aromatic carbocycles. The molecule has 11 nitrogen and oxygen atoms in total. The quantitative estimate of drug-likeness (QED) is 0.217. The lowest BCUT2D eigenvalue weighted by atomic mass is 9.99. The molecule has 1 aliphatic heterocycles. The number of fused-ring (bicyclic) bond motifs is 2. The number of carbonyl (C=O) groups excluding carboxylic acids is 1. The van der Waals surface area contributed by atoms with E-state index < -0.39 is 5.41 Å². The van der Waals surface area contributed by atoms with Crippen LogP contribution < -0.4 is 21.3 Å². The summed E-state index contributed by atoms with van der Waals surface area (Å²) in [6, 6.07) is 18.3. The summed E-state index contributed by atoms with van der Waals surface area (Å²) < 4.78 is 1.79. The van der Waals surface area contributed by atoms with E-state index in [9.17, 15) is 10.1 Å². The van der Waals surface area contributed by atoms with E-state index in [1.807, 2.05) is 42.6 Å². The molecule has 1 saturated heterocycles. The molecule has 1 saturated carbocycles. The average Bonchev–Trinajstić information content (AvgIpc) is 3.74. The van der Waals surface area contributed by atoms with Crippen molar-refractivity contribution in [2.45, 2.75) is 58.0 Å². The molecule has 0 spiro atoms. The van der Waals surface area contributed by atoms with Gasteiger partial charge in [-0.2, -0.15) is 24.8 Å². The van der Waals surface area contributed by atoms with Crippen LogP contribution in [0.5, 0.6) is 0 Å². The Labute approximate surface area is 261 Å². The van der Waals surface area contributed by atoms with Gasteiger partial charge in [0.2, 0.25) is 17.8 Å². The molecule has 4 N–H and O–H groups in total. The van der Waals surface area contributed by atoms with Gasteiger partial charge in [-0.3, -0.25) is 9.78 Å². The molecule has 2 aliphatic rings. The predicted molar refractivity (Wildman–Crippen MR) is 175 cm³/mol. The van der Waals surface area contributed by atoms with E-state index >= 15 is 0 Å². The molecule has 0 radical (unpaired) electrons. The second-order valence-electron chi connectivity index (χ2n) is 12.4. The number of aromatic nitrogens is 5. The van der Waals surface area contributed by atoms with Gasteiger partial charge in [-0.25, -0.2) is 0 Å². The number of anilines is 3. The molecule has 228 valence electrons. The van der Waals surface area contributed by atoms with Gasteiger partial charge in [-0.15, -0.1) is 0 Å².